The maximum Gasteiger partial charge on any atom is 0.254 e. The summed E-state index contributed by atoms with van der Waals surface area (Å²) in [4.78, 5) is 19.6. The number of nitrogens with zero attached hydrogens (tertiary/aromatic N) is 3. The number of anilines is 1. The van der Waals surface area contributed by atoms with Crippen LogP contribution >= 0.6 is 0 Å². The van der Waals surface area contributed by atoms with Crippen molar-refractivity contribution in [3.8, 4) is 5.75 Å². The highest BCUT2D eigenvalue weighted by molar-refractivity contribution is 5.82. The molecule has 0 aromatic heterocycles. The first-order valence-corrected chi connectivity index (χ1v) is 12.0. The average Bonchev–Trinajstić information content (AvgIpc) is 2.84. The third kappa shape index (κ3) is 5.54. The molecule has 0 unspecified atom stereocenters. The van der Waals surface area contributed by atoms with Crippen LogP contribution in [0.15, 0.2) is 24.3 Å². The zero-order valence-corrected chi connectivity index (χ0v) is 19.1. The molecule has 2 N–H and O–H groups in total. The Labute approximate surface area is 190 Å². The maximum absolute atomic E-state index is 13.2. The fraction of sp³-hybridized carbons (Fsp3) is 0.708. The lowest BCUT2D eigenvalue weighted by atomic mass is 9.97. The zero-order chi connectivity index (χ0) is 22.5. The number of ether oxygens (including phenoxy) is 2. The van der Waals surface area contributed by atoms with Gasteiger partial charge >= 0.3 is 0 Å². The summed E-state index contributed by atoms with van der Waals surface area (Å²) in [7, 11) is 1.67. The van der Waals surface area contributed by atoms with Crippen LogP contribution in [0.2, 0.25) is 0 Å². The Balaban J connectivity index is 1.27. The molecule has 8 nitrogen and oxygen atoms in total. The summed E-state index contributed by atoms with van der Waals surface area (Å²) in [5.41, 5.74) is 1.04. The Bertz CT molecular complexity index is 747. The minimum atomic E-state index is -0.769. The van der Waals surface area contributed by atoms with E-state index in [1.807, 2.05) is 29.2 Å². The minimum Gasteiger partial charge on any atom is -0.495 e. The number of benzene rings is 1. The largest absolute Gasteiger partial charge is 0.495 e. The van der Waals surface area contributed by atoms with Crippen molar-refractivity contribution in [3.63, 3.8) is 0 Å². The number of methoxy groups -OCH3 is 1. The molecular formula is C24H37N3O5. The molecule has 0 spiro atoms. The molecule has 3 aliphatic rings. The van der Waals surface area contributed by atoms with Crippen LogP contribution in [0.25, 0.3) is 0 Å². The molecule has 3 aliphatic heterocycles. The van der Waals surface area contributed by atoms with Crippen LogP contribution in [-0.4, -0.2) is 103 Å². The molecule has 1 aromatic rings. The zero-order valence-electron chi connectivity index (χ0n) is 19.1. The standard InChI is InChI=1S/C24H37N3O5/c1-31-22-5-3-2-4-20(22)26-14-16-27(17-15-26)24(30)23-21(29)7-6-19(32-23)10-13-25-11-8-18(28)9-12-25/h2-5,18-19,21,23,28-29H,6-17H2,1H3/t19-,21-,23-/m0/s1. The molecule has 1 aromatic carbocycles. The van der Waals surface area contributed by atoms with Crippen molar-refractivity contribution in [1.82, 2.24) is 9.80 Å². The number of para-hydroxylation sites is 2. The van der Waals surface area contributed by atoms with Crippen molar-refractivity contribution in [2.24, 2.45) is 0 Å². The number of aliphatic hydroxyl groups is 2. The molecule has 0 bridgehead atoms. The van der Waals surface area contributed by atoms with E-state index < -0.39 is 12.2 Å². The van der Waals surface area contributed by atoms with Gasteiger partial charge in [0.25, 0.3) is 5.91 Å². The van der Waals surface area contributed by atoms with Gasteiger partial charge in [0.2, 0.25) is 0 Å². The van der Waals surface area contributed by atoms with E-state index >= 15 is 0 Å². The molecule has 3 atom stereocenters. The molecule has 3 saturated heterocycles. The topological polar surface area (TPSA) is 85.7 Å². The molecule has 32 heavy (non-hydrogen) atoms. The van der Waals surface area contributed by atoms with Crippen molar-refractivity contribution >= 4 is 11.6 Å². The van der Waals surface area contributed by atoms with E-state index in [2.05, 4.69) is 9.80 Å². The number of piperazine rings is 1. The van der Waals surface area contributed by atoms with Crippen LogP contribution in [0.1, 0.15) is 32.1 Å². The fourth-order valence-corrected chi connectivity index (χ4v) is 5.02. The lowest BCUT2D eigenvalue weighted by Crippen LogP contribution is -2.56. The molecule has 1 amide bonds. The smallest absolute Gasteiger partial charge is 0.254 e. The third-order valence-electron chi connectivity index (χ3n) is 7.06. The lowest BCUT2D eigenvalue weighted by molar-refractivity contribution is -0.168. The van der Waals surface area contributed by atoms with Crippen LogP contribution < -0.4 is 9.64 Å². The van der Waals surface area contributed by atoms with E-state index in [1.165, 1.54) is 0 Å². The highest BCUT2D eigenvalue weighted by Crippen LogP contribution is 2.29. The quantitative estimate of drug-likeness (QED) is 0.675. The van der Waals surface area contributed by atoms with Gasteiger partial charge in [-0.05, 0) is 44.2 Å². The van der Waals surface area contributed by atoms with Crippen LogP contribution in [0.5, 0.6) is 5.75 Å². The number of hydrogen-bond acceptors (Lipinski definition) is 7. The summed E-state index contributed by atoms with van der Waals surface area (Å²) in [5, 5.41) is 20.2. The maximum atomic E-state index is 13.2. The van der Waals surface area contributed by atoms with E-state index in [4.69, 9.17) is 9.47 Å². The van der Waals surface area contributed by atoms with E-state index in [0.717, 1.165) is 69.8 Å². The molecule has 178 valence electrons. The summed E-state index contributed by atoms with van der Waals surface area (Å²) in [5.74, 6) is 0.743. The molecular weight excluding hydrogens is 410 g/mol. The molecule has 4 rings (SSSR count). The summed E-state index contributed by atoms with van der Waals surface area (Å²) in [6.07, 6.45) is 2.20. The van der Waals surface area contributed by atoms with E-state index in [9.17, 15) is 15.0 Å². The van der Waals surface area contributed by atoms with E-state index in [-0.39, 0.29) is 18.1 Å². The second kappa shape index (κ2) is 10.8. The monoisotopic (exact) mass is 447 g/mol. The number of rotatable bonds is 6. The Kier molecular flexibility index (Phi) is 7.88. The van der Waals surface area contributed by atoms with Crippen molar-refractivity contribution in [1.29, 1.82) is 0 Å². The molecule has 0 radical (unpaired) electrons. The van der Waals surface area contributed by atoms with Gasteiger partial charge in [-0.2, -0.15) is 0 Å². The van der Waals surface area contributed by atoms with Gasteiger partial charge in [0, 0.05) is 45.8 Å². The highest BCUT2D eigenvalue weighted by atomic mass is 16.5. The summed E-state index contributed by atoms with van der Waals surface area (Å²) in [6, 6.07) is 7.94. The Morgan fingerprint density at radius 2 is 1.75 bits per heavy atom. The van der Waals surface area contributed by atoms with Gasteiger partial charge in [-0.25, -0.2) is 0 Å². The van der Waals surface area contributed by atoms with Gasteiger partial charge < -0.3 is 34.4 Å². The van der Waals surface area contributed by atoms with Crippen LogP contribution in [-0.2, 0) is 9.53 Å². The minimum absolute atomic E-state index is 0.00549. The van der Waals surface area contributed by atoms with Gasteiger partial charge in [0.05, 0.1) is 31.1 Å². The predicted octanol–water partition coefficient (Wildman–Crippen LogP) is 1.10. The van der Waals surface area contributed by atoms with Gasteiger partial charge in [-0.15, -0.1) is 0 Å². The molecule has 0 saturated carbocycles. The first-order valence-electron chi connectivity index (χ1n) is 12.0. The number of amides is 1. The first-order chi connectivity index (χ1) is 15.5. The van der Waals surface area contributed by atoms with Gasteiger partial charge in [0.1, 0.15) is 5.75 Å². The normalized spacial score (nSPS) is 28.0. The second-order valence-electron chi connectivity index (χ2n) is 9.17. The second-order valence-corrected chi connectivity index (χ2v) is 9.17. The Hall–Kier alpha value is -1.87. The average molecular weight is 448 g/mol. The number of likely N-dealkylation sites (tertiary alicyclic amines) is 1. The van der Waals surface area contributed by atoms with Crippen LogP contribution in [0.3, 0.4) is 0 Å². The number of hydrogen-bond donors (Lipinski definition) is 2. The first kappa shape index (κ1) is 23.3. The third-order valence-corrected chi connectivity index (χ3v) is 7.06. The molecule has 3 heterocycles. The summed E-state index contributed by atoms with van der Waals surface area (Å²) in [6.45, 7) is 5.38. The summed E-state index contributed by atoms with van der Waals surface area (Å²) >= 11 is 0. The SMILES string of the molecule is COc1ccccc1N1CCN(C(=O)[C@H]2O[C@H](CCN3CCC(O)CC3)CC[C@@H]2O)CC1. The predicted molar refractivity (Wildman–Crippen MR) is 122 cm³/mol. The van der Waals surface area contributed by atoms with Crippen molar-refractivity contribution in [2.75, 3.05) is 57.8 Å². The number of carbonyl (C=O) groups is 1. The number of aliphatic hydroxyl groups excluding tert-OH is 2. The number of carbonyl (C=O) groups excluding carboxylic acids is 1. The Morgan fingerprint density at radius 1 is 1.03 bits per heavy atom. The van der Waals surface area contributed by atoms with Crippen molar-refractivity contribution < 1.29 is 24.5 Å². The van der Waals surface area contributed by atoms with Crippen molar-refractivity contribution in [3.05, 3.63) is 24.3 Å². The molecule has 3 fully saturated rings. The van der Waals surface area contributed by atoms with Crippen LogP contribution in [0, 0.1) is 0 Å². The molecule has 0 aliphatic carbocycles. The molecule has 8 heteroatoms. The highest BCUT2D eigenvalue weighted by Gasteiger charge is 2.38. The van der Waals surface area contributed by atoms with Crippen LogP contribution in [0.4, 0.5) is 5.69 Å². The van der Waals surface area contributed by atoms with E-state index in [0.29, 0.717) is 19.5 Å². The lowest BCUT2D eigenvalue weighted by Gasteiger charge is -2.40. The fourth-order valence-electron chi connectivity index (χ4n) is 5.02. The Morgan fingerprint density at radius 3 is 2.47 bits per heavy atom. The summed E-state index contributed by atoms with van der Waals surface area (Å²) < 4.78 is 11.6. The van der Waals surface area contributed by atoms with Gasteiger partial charge in [-0.3, -0.25) is 4.79 Å². The van der Waals surface area contributed by atoms with Gasteiger partial charge in [-0.1, -0.05) is 12.1 Å². The van der Waals surface area contributed by atoms with E-state index in [1.54, 1.807) is 7.11 Å². The van der Waals surface area contributed by atoms with Crippen molar-refractivity contribution in [2.45, 2.75) is 56.5 Å². The number of piperidine rings is 1. The van der Waals surface area contributed by atoms with Gasteiger partial charge in [0.15, 0.2) is 6.10 Å².